The highest BCUT2D eigenvalue weighted by atomic mass is 16.3. The molecule has 0 saturated heterocycles. The molecule has 0 unspecified atom stereocenters. The maximum Gasteiger partial charge on any atom is 0.181 e. The Kier molecular flexibility index (Phi) is 5.38. The Morgan fingerprint density at radius 3 is 1.41 bits per heavy atom. The third-order valence-corrected chi connectivity index (χ3v) is 7.63. The fraction of sp³-hybridized carbons (Fsp3) is 0. The summed E-state index contributed by atoms with van der Waals surface area (Å²) in [6, 6.07) is 40.8. The zero-order chi connectivity index (χ0) is 27.2. The number of aromatic nitrogens is 3. The molecular weight excluding hydrogens is 506 g/mol. The van der Waals surface area contributed by atoms with Crippen molar-refractivity contribution >= 4 is 21.8 Å². The van der Waals surface area contributed by atoms with E-state index in [-0.39, 0.29) is 0 Å². The molecule has 5 heteroatoms. The van der Waals surface area contributed by atoms with Crippen molar-refractivity contribution in [3.63, 3.8) is 0 Å². The van der Waals surface area contributed by atoms with Gasteiger partial charge in [-0.1, -0.05) is 78.9 Å². The Labute approximate surface area is 236 Å². The number of oxazole rings is 2. The molecule has 8 aromatic rings. The zero-order valence-corrected chi connectivity index (χ0v) is 21.9. The summed E-state index contributed by atoms with van der Waals surface area (Å²) in [7, 11) is 0. The standard InChI is InChI=1S/C36H23N3O2/c1-2-10-30(11-3-1)39-35-18-26(24-6-4-8-28(16-24)33-20-40-22-37-33)12-14-31(35)32-15-13-27(19-36(32)39)25-7-5-9-29(17-25)34-21-41-23-38-34/h1-23H. The molecule has 0 N–H and O–H groups in total. The molecule has 8 rings (SSSR count). The number of hydrogen-bond donors (Lipinski definition) is 0. The van der Waals surface area contributed by atoms with E-state index in [1.54, 1.807) is 12.5 Å². The van der Waals surface area contributed by atoms with Gasteiger partial charge in [-0.3, -0.25) is 0 Å². The molecule has 41 heavy (non-hydrogen) atoms. The second kappa shape index (κ2) is 9.50. The van der Waals surface area contributed by atoms with Crippen LogP contribution in [0.2, 0.25) is 0 Å². The van der Waals surface area contributed by atoms with Gasteiger partial charge >= 0.3 is 0 Å². The molecule has 0 spiro atoms. The summed E-state index contributed by atoms with van der Waals surface area (Å²) in [6.45, 7) is 0. The summed E-state index contributed by atoms with van der Waals surface area (Å²) in [5, 5.41) is 2.42. The summed E-state index contributed by atoms with van der Waals surface area (Å²) in [5.74, 6) is 0. The molecule has 0 bridgehead atoms. The fourth-order valence-electron chi connectivity index (χ4n) is 5.66. The molecule has 0 fully saturated rings. The highest BCUT2D eigenvalue weighted by Crippen LogP contribution is 2.38. The first kappa shape index (κ1) is 23.2. The molecule has 5 nitrogen and oxygen atoms in total. The minimum atomic E-state index is 0.825. The van der Waals surface area contributed by atoms with Gasteiger partial charge in [-0.2, -0.15) is 0 Å². The van der Waals surface area contributed by atoms with Gasteiger partial charge in [-0.15, -0.1) is 0 Å². The molecule has 3 aromatic heterocycles. The maximum atomic E-state index is 5.22. The lowest BCUT2D eigenvalue weighted by molar-refractivity contribution is 0.558. The highest BCUT2D eigenvalue weighted by Gasteiger charge is 2.15. The molecule has 5 aromatic carbocycles. The molecular formula is C36H23N3O2. The van der Waals surface area contributed by atoms with Crippen molar-refractivity contribution in [2.24, 2.45) is 0 Å². The van der Waals surface area contributed by atoms with Gasteiger partial charge in [-0.05, 0) is 58.7 Å². The number of rotatable bonds is 5. The number of benzene rings is 5. The highest BCUT2D eigenvalue weighted by molar-refractivity contribution is 6.11. The van der Waals surface area contributed by atoms with E-state index in [4.69, 9.17) is 8.83 Å². The van der Waals surface area contributed by atoms with Gasteiger partial charge in [0.25, 0.3) is 0 Å². The molecule has 0 amide bonds. The van der Waals surface area contributed by atoms with Crippen LogP contribution in [0.5, 0.6) is 0 Å². The van der Waals surface area contributed by atoms with Gasteiger partial charge in [0.1, 0.15) is 23.9 Å². The molecule has 0 radical (unpaired) electrons. The van der Waals surface area contributed by atoms with Crippen LogP contribution in [0.4, 0.5) is 0 Å². The smallest absolute Gasteiger partial charge is 0.181 e. The lowest BCUT2D eigenvalue weighted by atomic mass is 9.99. The predicted octanol–water partition coefficient (Wildman–Crippen LogP) is 9.43. The van der Waals surface area contributed by atoms with Crippen molar-refractivity contribution in [3.8, 4) is 50.5 Å². The van der Waals surface area contributed by atoms with Crippen LogP contribution in [0.3, 0.4) is 0 Å². The zero-order valence-electron chi connectivity index (χ0n) is 21.9. The average molecular weight is 530 g/mol. The van der Waals surface area contributed by atoms with Gasteiger partial charge in [0.05, 0.1) is 11.0 Å². The minimum absolute atomic E-state index is 0.825. The maximum absolute atomic E-state index is 5.22. The van der Waals surface area contributed by atoms with Crippen molar-refractivity contribution in [1.82, 2.24) is 14.5 Å². The first-order valence-corrected chi connectivity index (χ1v) is 13.4. The van der Waals surface area contributed by atoms with Gasteiger partial charge in [0.2, 0.25) is 0 Å². The van der Waals surface area contributed by atoms with Crippen molar-refractivity contribution in [2.45, 2.75) is 0 Å². The third kappa shape index (κ3) is 4.03. The number of fused-ring (bicyclic) bond motifs is 3. The number of hydrogen-bond acceptors (Lipinski definition) is 4. The number of nitrogens with zero attached hydrogens (tertiary/aromatic N) is 3. The van der Waals surface area contributed by atoms with E-state index in [0.717, 1.165) is 61.5 Å². The molecule has 0 aliphatic rings. The Hall–Kier alpha value is -5.68. The SMILES string of the molecule is c1ccc(-n2c3cc(-c4cccc(-c5cocn5)c4)ccc3c3ccc(-c4cccc(-c5cocn5)c4)cc32)cc1. The first-order chi connectivity index (χ1) is 20.3. The molecule has 0 atom stereocenters. The largest absolute Gasteiger partial charge is 0.451 e. The normalized spacial score (nSPS) is 11.4. The van der Waals surface area contributed by atoms with Crippen LogP contribution in [-0.4, -0.2) is 14.5 Å². The van der Waals surface area contributed by atoms with Gasteiger partial charge in [0, 0.05) is 27.6 Å². The Balaban J connectivity index is 1.32. The van der Waals surface area contributed by atoms with Crippen molar-refractivity contribution < 1.29 is 8.83 Å². The van der Waals surface area contributed by atoms with E-state index in [1.165, 1.54) is 23.6 Å². The van der Waals surface area contributed by atoms with E-state index in [0.29, 0.717) is 0 Å². The third-order valence-electron chi connectivity index (χ3n) is 7.63. The molecule has 0 saturated carbocycles. The van der Waals surface area contributed by atoms with Crippen LogP contribution in [0.15, 0.2) is 149 Å². The van der Waals surface area contributed by atoms with E-state index < -0.39 is 0 Å². The van der Waals surface area contributed by atoms with Crippen molar-refractivity contribution in [3.05, 3.63) is 141 Å². The quantitative estimate of drug-likeness (QED) is 0.223. The lowest BCUT2D eigenvalue weighted by Crippen LogP contribution is -1.94. The average Bonchev–Trinajstić information content (AvgIpc) is 3.82. The van der Waals surface area contributed by atoms with Crippen molar-refractivity contribution in [1.29, 1.82) is 0 Å². The summed E-state index contributed by atoms with van der Waals surface area (Å²) >= 11 is 0. The van der Waals surface area contributed by atoms with Crippen LogP contribution in [0.1, 0.15) is 0 Å². The Morgan fingerprint density at radius 2 is 0.927 bits per heavy atom. The van der Waals surface area contributed by atoms with E-state index in [2.05, 4.69) is 130 Å². The first-order valence-electron chi connectivity index (χ1n) is 13.4. The molecule has 194 valence electrons. The predicted molar refractivity (Wildman–Crippen MR) is 163 cm³/mol. The Bertz CT molecular complexity index is 2010. The summed E-state index contributed by atoms with van der Waals surface area (Å²) < 4.78 is 12.8. The monoisotopic (exact) mass is 529 g/mol. The van der Waals surface area contributed by atoms with E-state index in [1.807, 2.05) is 0 Å². The van der Waals surface area contributed by atoms with Crippen LogP contribution >= 0.6 is 0 Å². The number of para-hydroxylation sites is 1. The molecule has 0 aliphatic carbocycles. The fourth-order valence-corrected chi connectivity index (χ4v) is 5.66. The second-order valence-corrected chi connectivity index (χ2v) is 10.0. The summed E-state index contributed by atoms with van der Waals surface area (Å²) in [4.78, 5) is 8.66. The van der Waals surface area contributed by atoms with Crippen LogP contribution < -0.4 is 0 Å². The van der Waals surface area contributed by atoms with Gasteiger partial charge in [-0.25, -0.2) is 9.97 Å². The lowest BCUT2D eigenvalue weighted by Gasteiger charge is -2.10. The second-order valence-electron chi connectivity index (χ2n) is 10.0. The topological polar surface area (TPSA) is 57.0 Å². The van der Waals surface area contributed by atoms with Gasteiger partial charge in [0.15, 0.2) is 12.8 Å². The van der Waals surface area contributed by atoms with Crippen molar-refractivity contribution in [2.75, 3.05) is 0 Å². The van der Waals surface area contributed by atoms with E-state index >= 15 is 0 Å². The van der Waals surface area contributed by atoms with Crippen LogP contribution in [0.25, 0.3) is 72.3 Å². The summed E-state index contributed by atoms with van der Waals surface area (Å²) in [6.07, 6.45) is 6.28. The van der Waals surface area contributed by atoms with Gasteiger partial charge < -0.3 is 13.4 Å². The van der Waals surface area contributed by atoms with Crippen LogP contribution in [0, 0.1) is 0 Å². The summed E-state index contributed by atoms with van der Waals surface area (Å²) in [5.41, 5.74) is 11.7. The molecule has 0 aliphatic heterocycles. The Morgan fingerprint density at radius 1 is 0.439 bits per heavy atom. The minimum Gasteiger partial charge on any atom is -0.451 e. The van der Waals surface area contributed by atoms with Crippen LogP contribution in [-0.2, 0) is 0 Å². The van der Waals surface area contributed by atoms with E-state index in [9.17, 15) is 0 Å². The molecule has 3 heterocycles.